The van der Waals surface area contributed by atoms with Crippen molar-refractivity contribution in [2.75, 3.05) is 30.0 Å². The van der Waals surface area contributed by atoms with Crippen LogP contribution in [0.25, 0.3) is 0 Å². The van der Waals surface area contributed by atoms with E-state index in [2.05, 4.69) is 5.32 Å². The van der Waals surface area contributed by atoms with Gasteiger partial charge in [-0.2, -0.15) is 0 Å². The van der Waals surface area contributed by atoms with Crippen molar-refractivity contribution in [3.8, 4) is 5.75 Å². The van der Waals surface area contributed by atoms with E-state index in [0.717, 1.165) is 12.8 Å². The number of aliphatic hydroxyl groups is 1. The van der Waals surface area contributed by atoms with E-state index in [1.54, 1.807) is 53.2 Å². The van der Waals surface area contributed by atoms with Crippen LogP contribution < -0.4 is 15.0 Å². The monoisotopic (exact) mass is 567 g/mol. The number of halogens is 1. The second-order valence-electron chi connectivity index (χ2n) is 11.7. The van der Waals surface area contributed by atoms with E-state index >= 15 is 4.11 Å². The number of rotatable bonds is 5. The van der Waals surface area contributed by atoms with Crippen molar-refractivity contribution in [3.63, 3.8) is 0 Å². The summed E-state index contributed by atoms with van der Waals surface area (Å²) in [4.78, 5) is 43.3. The van der Waals surface area contributed by atoms with Gasteiger partial charge in [-0.05, 0) is 56.3 Å². The molecule has 0 unspecified atom stereocenters. The SMILES string of the molecule is C[C@@H]1[C@@H]([Si](C)(C)F)[C@H](CC(=O)N2CCC[C@H]2CO)O[C@@]12C(=O)Nc1ccc(N3C(=O)COc4ccccc43)cc12. The average molecular weight is 568 g/mol. The van der Waals surface area contributed by atoms with Gasteiger partial charge in [0.05, 0.1) is 30.9 Å². The molecule has 6 rings (SSSR count). The largest absolute Gasteiger partial charge is 0.482 e. The number of nitrogens with zero attached hydrogens (tertiary/aromatic N) is 2. The van der Waals surface area contributed by atoms with Gasteiger partial charge in [-0.25, -0.2) is 0 Å². The lowest BCUT2D eigenvalue weighted by Gasteiger charge is -2.32. The van der Waals surface area contributed by atoms with E-state index in [4.69, 9.17) is 9.47 Å². The van der Waals surface area contributed by atoms with Crippen LogP contribution in [0.15, 0.2) is 42.5 Å². The Balaban J connectivity index is 1.39. The topological polar surface area (TPSA) is 108 Å². The fraction of sp³-hybridized carbons (Fsp3) is 0.483. The summed E-state index contributed by atoms with van der Waals surface area (Å²) in [5, 5.41) is 12.6. The lowest BCUT2D eigenvalue weighted by atomic mass is 9.82. The number of nitrogens with one attached hydrogen (secondary N) is 1. The number of para-hydroxylation sites is 2. The van der Waals surface area contributed by atoms with Crippen LogP contribution in [0.5, 0.6) is 5.75 Å². The number of amides is 3. The molecule has 0 radical (unpaired) electrons. The third kappa shape index (κ3) is 4.05. The molecule has 11 heteroatoms. The Morgan fingerprint density at radius 3 is 2.75 bits per heavy atom. The summed E-state index contributed by atoms with van der Waals surface area (Å²) in [5.41, 5.74) is 0.0752. The van der Waals surface area contributed by atoms with Gasteiger partial charge in [0.1, 0.15) is 5.75 Å². The number of benzene rings is 2. The normalized spacial score (nSPS) is 29.4. The van der Waals surface area contributed by atoms with E-state index in [-0.39, 0.29) is 37.5 Å². The van der Waals surface area contributed by atoms with Crippen molar-refractivity contribution >= 4 is 43.2 Å². The van der Waals surface area contributed by atoms with Crippen molar-refractivity contribution in [1.29, 1.82) is 0 Å². The van der Waals surface area contributed by atoms with Crippen LogP contribution >= 0.6 is 0 Å². The molecule has 40 heavy (non-hydrogen) atoms. The van der Waals surface area contributed by atoms with Crippen molar-refractivity contribution in [2.45, 2.75) is 62.6 Å². The van der Waals surface area contributed by atoms with Crippen LogP contribution in [0.4, 0.5) is 21.2 Å². The van der Waals surface area contributed by atoms with E-state index < -0.39 is 37.5 Å². The molecular formula is C29H34FN3O6Si. The Morgan fingerprint density at radius 2 is 2.00 bits per heavy atom. The van der Waals surface area contributed by atoms with Crippen molar-refractivity contribution in [3.05, 3.63) is 48.0 Å². The van der Waals surface area contributed by atoms with Gasteiger partial charge < -0.3 is 28.9 Å². The van der Waals surface area contributed by atoms with Crippen LogP contribution in [0.1, 0.15) is 31.7 Å². The number of carbonyl (C=O) groups excluding carboxylic acids is 3. The first-order valence-electron chi connectivity index (χ1n) is 13.8. The predicted molar refractivity (Wildman–Crippen MR) is 149 cm³/mol. The Morgan fingerprint density at radius 1 is 1.23 bits per heavy atom. The third-order valence-electron chi connectivity index (χ3n) is 8.95. The van der Waals surface area contributed by atoms with Crippen molar-refractivity contribution in [2.24, 2.45) is 5.92 Å². The molecule has 2 fully saturated rings. The lowest BCUT2D eigenvalue weighted by Crippen LogP contribution is -2.42. The molecule has 9 nitrogen and oxygen atoms in total. The van der Waals surface area contributed by atoms with Gasteiger partial charge >= 0.3 is 0 Å². The van der Waals surface area contributed by atoms with Crippen molar-refractivity contribution < 1.29 is 33.1 Å². The van der Waals surface area contributed by atoms with Gasteiger partial charge in [0.2, 0.25) is 14.3 Å². The van der Waals surface area contributed by atoms with E-state index in [9.17, 15) is 19.5 Å². The molecule has 3 amide bonds. The van der Waals surface area contributed by atoms with Gasteiger partial charge in [-0.15, -0.1) is 0 Å². The molecule has 4 heterocycles. The summed E-state index contributed by atoms with van der Waals surface area (Å²) < 4.78 is 28.2. The van der Waals surface area contributed by atoms with E-state index in [0.29, 0.717) is 34.9 Å². The summed E-state index contributed by atoms with van der Waals surface area (Å²) in [6.45, 7) is 5.31. The zero-order valence-electron chi connectivity index (χ0n) is 22.9. The minimum Gasteiger partial charge on any atom is -0.482 e. The summed E-state index contributed by atoms with van der Waals surface area (Å²) in [7, 11) is -3.44. The molecule has 4 aliphatic rings. The minimum absolute atomic E-state index is 0.0643. The molecule has 0 aliphatic carbocycles. The first-order chi connectivity index (χ1) is 19.1. The van der Waals surface area contributed by atoms with Gasteiger partial charge in [0.15, 0.2) is 12.2 Å². The second kappa shape index (κ2) is 9.67. The van der Waals surface area contributed by atoms with Crippen LogP contribution in [-0.4, -0.2) is 68.0 Å². The van der Waals surface area contributed by atoms with Crippen LogP contribution in [0.2, 0.25) is 18.6 Å². The maximum absolute atomic E-state index is 16.0. The Kier molecular flexibility index (Phi) is 6.51. The molecule has 1 spiro atoms. The highest BCUT2D eigenvalue weighted by molar-refractivity contribution is 6.72. The molecule has 2 saturated heterocycles. The molecule has 0 saturated carbocycles. The summed E-state index contributed by atoms with van der Waals surface area (Å²) in [6, 6.07) is 12.2. The number of hydrogen-bond acceptors (Lipinski definition) is 6. The van der Waals surface area contributed by atoms with Crippen LogP contribution in [0.3, 0.4) is 0 Å². The highest BCUT2D eigenvalue weighted by Gasteiger charge is 2.65. The molecule has 2 aromatic rings. The van der Waals surface area contributed by atoms with Gasteiger partial charge in [-0.3, -0.25) is 19.3 Å². The number of carbonyl (C=O) groups is 3. The maximum atomic E-state index is 16.0. The Labute approximate surface area is 233 Å². The number of anilines is 3. The first-order valence-corrected chi connectivity index (χ1v) is 16.8. The van der Waals surface area contributed by atoms with E-state index in [1.165, 1.54) is 0 Å². The number of fused-ring (bicyclic) bond motifs is 3. The maximum Gasteiger partial charge on any atom is 0.269 e. The first kappa shape index (κ1) is 26.9. The molecule has 4 aliphatic heterocycles. The summed E-state index contributed by atoms with van der Waals surface area (Å²) >= 11 is 0. The highest BCUT2D eigenvalue weighted by atomic mass is 28.4. The molecule has 2 N–H and O–H groups in total. The third-order valence-corrected chi connectivity index (χ3v) is 11.4. The van der Waals surface area contributed by atoms with Gasteiger partial charge in [-0.1, -0.05) is 19.1 Å². The molecule has 5 atom stereocenters. The van der Waals surface area contributed by atoms with Crippen molar-refractivity contribution in [1.82, 2.24) is 4.90 Å². The number of aliphatic hydroxyl groups excluding tert-OH is 1. The van der Waals surface area contributed by atoms with Crippen LogP contribution in [0, 0.1) is 5.92 Å². The zero-order chi connectivity index (χ0) is 28.4. The Hall–Kier alpha value is -3.28. The minimum atomic E-state index is -3.44. The number of hydrogen-bond donors (Lipinski definition) is 2. The highest BCUT2D eigenvalue weighted by Crippen LogP contribution is 2.59. The van der Waals surface area contributed by atoms with Gasteiger partial charge in [0, 0.05) is 34.9 Å². The molecule has 0 bridgehead atoms. The number of ether oxygens (including phenoxy) is 2. The number of likely N-dealkylation sites (tertiary alicyclic amines) is 1. The standard InChI is InChI=1S/C29H34FN3O6Si/c1-17-27(40(2,3)30)24(14-25(35)32-12-6-7-19(32)15-34)39-29(17)20-13-18(10-11-21(20)31-28(29)37)33-22-8-4-5-9-23(22)38-16-26(33)36/h4-5,8-11,13,17,19,24,27,34H,6-7,12,14-16H2,1-3H3,(H,31,37)/t17-,19+,24+,27-,29+/m1/s1. The fourth-order valence-electron chi connectivity index (χ4n) is 7.22. The molecule has 2 aromatic carbocycles. The zero-order valence-corrected chi connectivity index (χ0v) is 23.9. The fourth-order valence-corrected chi connectivity index (χ4v) is 9.72. The molecular weight excluding hydrogens is 533 g/mol. The van der Waals surface area contributed by atoms with Crippen LogP contribution in [-0.2, 0) is 24.7 Å². The quantitative estimate of drug-likeness (QED) is 0.420. The molecule has 0 aromatic heterocycles. The molecule has 212 valence electrons. The van der Waals surface area contributed by atoms with E-state index in [1.807, 2.05) is 19.1 Å². The summed E-state index contributed by atoms with van der Waals surface area (Å²) in [6.07, 6.45) is 0.659. The summed E-state index contributed by atoms with van der Waals surface area (Å²) in [5.74, 6) is -0.837. The smallest absolute Gasteiger partial charge is 0.269 e. The Bertz CT molecular complexity index is 1380. The van der Waals surface area contributed by atoms with Gasteiger partial charge in [0.25, 0.3) is 11.8 Å². The lowest BCUT2D eigenvalue weighted by molar-refractivity contribution is -0.148. The average Bonchev–Trinajstić information content (AvgIpc) is 3.59. The predicted octanol–water partition coefficient (Wildman–Crippen LogP) is 3.84. The second-order valence-corrected chi connectivity index (χ2v) is 15.5.